The Labute approximate surface area is 551 Å². The topological polar surface area (TPSA) is 291 Å². The second kappa shape index (κ2) is 38.8. The molecular formula is C67H122N12O13. The second-order valence-corrected chi connectivity index (χ2v) is 28.0. The summed E-state index contributed by atoms with van der Waals surface area (Å²) in [6, 6.07) is -12.8. The third-order valence-electron chi connectivity index (χ3n) is 17.6. The highest BCUT2D eigenvalue weighted by atomic mass is 16.5. The Morgan fingerprint density at radius 3 is 1.42 bits per heavy atom. The fourth-order valence-corrected chi connectivity index (χ4v) is 11.4. The lowest BCUT2D eigenvalue weighted by Gasteiger charge is -2.41. The van der Waals surface area contributed by atoms with E-state index in [4.69, 9.17) is 4.74 Å². The molecule has 14 atom stereocenters. The molecule has 1 aliphatic heterocycles. The van der Waals surface area contributed by atoms with Crippen LogP contribution in [-0.2, 0) is 57.5 Å². The zero-order valence-corrected chi connectivity index (χ0v) is 60.9. The van der Waals surface area contributed by atoms with Crippen molar-refractivity contribution in [3.05, 3.63) is 12.2 Å². The summed E-state index contributed by atoms with van der Waals surface area (Å²) in [6.07, 6.45) is 2.06. The van der Waals surface area contributed by atoms with Crippen molar-refractivity contribution in [2.24, 2.45) is 41.4 Å². The molecule has 1 aliphatic rings. The van der Waals surface area contributed by atoms with Gasteiger partial charge in [0.15, 0.2) is 0 Å². The number of hydrogen-bond acceptors (Lipinski definition) is 14. The van der Waals surface area contributed by atoms with E-state index in [1.165, 1.54) is 94.6 Å². The number of likely N-dealkylation sites (N-methyl/N-ethyl adjacent to an activating group) is 8. The van der Waals surface area contributed by atoms with E-state index in [-0.39, 0.29) is 68.3 Å². The van der Waals surface area contributed by atoms with Gasteiger partial charge in [-0.15, -0.1) is 0 Å². The average Bonchev–Trinajstić information content (AvgIpc) is 0.817. The summed E-state index contributed by atoms with van der Waals surface area (Å²) in [5.41, 5.74) is 0. The van der Waals surface area contributed by atoms with Gasteiger partial charge < -0.3 is 70.3 Å². The minimum Gasteiger partial charge on any atom is -0.391 e. The first-order valence-corrected chi connectivity index (χ1v) is 33.2. The minimum absolute atomic E-state index is 0.000259. The van der Waals surface area contributed by atoms with Crippen molar-refractivity contribution in [2.45, 2.75) is 235 Å². The molecule has 0 aromatic heterocycles. The van der Waals surface area contributed by atoms with Gasteiger partial charge >= 0.3 is 0 Å². The van der Waals surface area contributed by atoms with E-state index in [0.717, 1.165) is 9.80 Å². The first-order valence-electron chi connectivity index (χ1n) is 33.2. The molecule has 1 fully saturated rings. The van der Waals surface area contributed by atoms with E-state index >= 15 is 28.8 Å². The van der Waals surface area contributed by atoms with Gasteiger partial charge in [0.25, 0.3) is 5.91 Å². The third-order valence-corrected chi connectivity index (χ3v) is 17.6. The number of hydrogen-bond donors (Lipinski definition) is 5. The number of allylic oxidation sites excluding steroid dienone is 2. The summed E-state index contributed by atoms with van der Waals surface area (Å²) < 4.78 is 6.26. The summed E-state index contributed by atoms with van der Waals surface area (Å²) in [5, 5.41) is 22.8. The van der Waals surface area contributed by atoms with Crippen molar-refractivity contribution in [1.29, 1.82) is 0 Å². The highest BCUT2D eigenvalue weighted by molar-refractivity contribution is 6.00. The summed E-state index contributed by atoms with van der Waals surface area (Å²) in [6.45, 7) is 30.2. The molecule has 5 N–H and O–H groups in total. The fraction of sp³-hybridized carbons (Fsp3) is 0.806. The van der Waals surface area contributed by atoms with Gasteiger partial charge in [0, 0.05) is 55.9 Å². The minimum atomic E-state index is -1.66. The standard InChI is InChI=1S/C67H122N12O13/c1-27-29-30-43(13)44(14)54-59(84)70-48(28-2)61(86)79(26)67(92-34-33-72(18)19)66(91)74(21)50(35-39(5)6)58(83)71-53(42(11)12)64(89)73(20)49(32-31-38(3)4)57(82)68-45(15)56(81)69-46(16)60(85)75(22)51(36-40(7)8)62(87)76(23)52(37-41(9)10)63(88)78(25)55(47(17)80)65(90)77(54)24/h27,29,38-55,67,80H,28,30-37H2,1-26H3,(H,68,82)(H,69,81)(H,70,84)(H,71,83)/b29-27+/t43-,44-,45+,46-,47?,48+,49+,50+,51+,52+,53+,54+,55+,67-/m1/s1. The van der Waals surface area contributed by atoms with E-state index in [2.05, 4.69) is 21.3 Å². The van der Waals surface area contributed by atoms with Gasteiger partial charge in [-0.3, -0.25) is 52.7 Å². The SMILES string of the molecule is C/C=C/C[C@@H](C)[C@@H](C)[C@H]1C(=O)N[C@@H](CC)C(=O)N(C)[C@H](OCCN(C)C)C(=O)N(C)[C@@H](CC(C)C)C(=O)N[C@@H](C(C)C)C(=O)N(C)[C@@H](CCC(C)C)C(=O)N[C@@H](C)C(=O)N[C@H](C)C(=O)N(C)[C@@H](CC(C)C)C(=O)N(C)[C@@H](CC(C)C)C(=O)N(C)[C@@H](C(C)O)C(=O)N1C. The number of nitrogens with one attached hydrogen (secondary N) is 4. The number of aliphatic hydroxyl groups is 1. The van der Waals surface area contributed by atoms with Gasteiger partial charge in [-0.25, -0.2) is 0 Å². The molecule has 11 amide bonds. The Morgan fingerprint density at radius 2 is 0.957 bits per heavy atom. The van der Waals surface area contributed by atoms with Crippen molar-refractivity contribution in [2.75, 3.05) is 76.6 Å². The Morgan fingerprint density at radius 1 is 0.500 bits per heavy atom. The number of rotatable bonds is 20. The maximum atomic E-state index is 15.3. The maximum absolute atomic E-state index is 15.3. The number of carbonyl (C=O) groups excluding carboxylic acids is 11. The van der Waals surface area contributed by atoms with Gasteiger partial charge in [0.05, 0.1) is 12.7 Å². The van der Waals surface area contributed by atoms with E-state index in [1.54, 1.807) is 41.8 Å². The lowest BCUT2D eigenvalue weighted by atomic mass is 9.84. The fourth-order valence-electron chi connectivity index (χ4n) is 11.4. The van der Waals surface area contributed by atoms with Crippen LogP contribution in [-0.4, -0.2) is 259 Å². The highest BCUT2D eigenvalue weighted by Crippen LogP contribution is 2.27. The number of ether oxygens (including phenoxy) is 1. The predicted octanol–water partition coefficient (Wildman–Crippen LogP) is 3.56. The van der Waals surface area contributed by atoms with E-state index < -0.39 is 150 Å². The predicted molar refractivity (Wildman–Crippen MR) is 356 cm³/mol. The van der Waals surface area contributed by atoms with Gasteiger partial charge in [0.1, 0.15) is 60.4 Å². The van der Waals surface area contributed by atoms with Crippen molar-refractivity contribution < 1.29 is 62.6 Å². The zero-order chi connectivity index (χ0) is 71.3. The summed E-state index contributed by atoms with van der Waals surface area (Å²) in [4.78, 5) is 173. The molecule has 0 aromatic rings. The van der Waals surface area contributed by atoms with Crippen molar-refractivity contribution in [1.82, 2.24) is 60.5 Å². The lowest BCUT2D eigenvalue weighted by molar-refractivity contribution is -0.168. The molecule has 92 heavy (non-hydrogen) atoms. The highest BCUT2D eigenvalue weighted by Gasteiger charge is 2.46. The van der Waals surface area contributed by atoms with Gasteiger partial charge in [-0.2, -0.15) is 0 Å². The largest absolute Gasteiger partial charge is 0.391 e. The molecule has 0 bridgehead atoms. The van der Waals surface area contributed by atoms with Gasteiger partial charge in [-0.05, 0) is 128 Å². The average molecular weight is 1300 g/mol. The number of carbonyl (C=O) groups is 11. The molecule has 1 saturated heterocycles. The monoisotopic (exact) mass is 1300 g/mol. The quantitative estimate of drug-likeness (QED) is 0.109. The van der Waals surface area contributed by atoms with E-state index in [0.29, 0.717) is 19.4 Å². The van der Waals surface area contributed by atoms with Gasteiger partial charge in [-0.1, -0.05) is 102 Å². The molecule has 1 rings (SSSR count). The number of amides is 11. The molecule has 1 heterocycles. The summed E-state index contributed by atoms with van der Waals surface area (Å²) in [5.74, 6) is -9.75. The zero-order valence-electron chi connectivity index (χ0n) is 60.9. The van der Waals surface area contributed by atoms with Crippen LogP contribution in [0.4, 0.5) is 0 Å². The molecule has 0 aliphatic carbocycles. The molecule has 0 aromatic carbocycles. The van der Waals surface area contributed by atoms with Crippen LogP contribution in [0.15, 0.2) is 12.2 Å². The molecular weight excluding hydrogens is 1180 g/mol. The van der Waals surface area contributed by atoms with Crippen LogP contribution < -0.4 is 21.3 Å². The molecule has 528 valence electrons. The molecule has 0 saturated carbocycles. The first-order chi connectivity index (χ1) is 42.5. The normalized spacial score (nSPS) is 26.9. The third kappa shape index (κ3) is 24.0. The lowest BCUT2D eigenvalue weighted by Crippen LogP contribution is -2.63. The second-order valence-electron chi connectivity index (χ2n) is 28.0. The van der Waals surface area contributed by atoms with E-state index in [9.17, 15) is 29.1 Å². The van der Waals surface area contributed by atoms with Crippen molar-refractivity contribution in [3.63, 3.8) is 0 Å². The smallest absolute Gasteiger partial charge is 0.273 e. The van der Waals surface area contributed by atoms with Crippen LogP contribution in [0.5, 0.6) is 0 Å². The van der Waals surface area contributed by atoms with Gasteiger partial charge in [0.2, 0.25) is 65.3 Å². The summed E-state index contributed by atoms with van der Waals surface area (Å²) in [7, 11) is 13.4. The van der Waals surface area contributed by atoms with Crippen LogP contribution in [0.3, 0.4) is 0 Å². The number of nitrogens with zero attached hydrogens (tertiary/aromatic N) is 8. The first kappa shape index (κ1) is 83.8. The Hall–Kier alpha value is -6.21. The Bertz CT molecular complexity index is 2490. The van der Waals surface area contributed by atoms with Crippen LogP contribution in [0.1, 0.15) is 163 Å². The Balaban J connectivity index is 4.53. The molecule has 25 nitrogen and oxygen atoms in total. The van der Waals surface area contributed by atoms with Crippen LogP contribution >= 0.6 is 0 Å². The van der Waals surface area contributed by atoms with Crippen LogP contribution in [0, 0.1) is 41.4 Å². The van der Waals surface area contributed by atoms with Crippen molar-refractivity contribution >= 4 is 65.0 Å². The van der Waals surface area contributed by atoms with Crippen LogP contribution in [0.2, 0.25) is 0 Å². The summed E-state index contributed by atoms with van der Waals surface area (Å²) >= 11 is 0. The van der Waals surface area contributed by atoms with E-state index in [1.807, 2.05) is 86.3 Å². The molecule has 1 unspecified atom stereocenters. The molecule has 25 heteroatoms. The molecule has 0 spiro atoms. The number of aliphatic hydroxyl groups excluding tert-OH is 1. The van der Waals surface area contributed by atoms with Crippen LogP contribution in [0.25, 0.3) is 0 Å². The Kier molecular flexibility index (Phi) is 35.4. The maximum Gasteiger partial charge on any atom is 0.273 e. The molecule has 0 radical (unpaired) electrons. The van der Waals surface area contributed by atoms with Crippen molar-refractivity contribution in [3.8, 4) is 0 Å².